The normalized spacial score (nSPS) is 11.3. The predicted octanol–water partition coefficient (Wildman–Crippen LogP) is 2.16. The third kappa shape index (κ3) is 4.98. The Balaban J connectivity index is 1.68. The fourth-order valence-corrected chi connectivity index (χ4v) is 3.04. The largest absolute Gasteiger partial charge is 0.292 e. The lowest BCUT2D eigenvalue weighted by Crippen LogP contribution is -2.14. The van der Waals surface area contributed by atoms with E-state index in [0.717, 1.165) is 18.2 Å². The number of tetrazole rings is 1. The van der Waals surface area contributed by atoms with Crippen LogP contribution in [0.3, 0.4) is 0 Å². The number of benzene rings is 2. The van der Waals surface area contributed by atoms with Crippen molar-refractivity contribution in [3.05, 3.63) is 59.7 Å². The molecule has 1 N–H and O–H groups in total. The van der Waals surface area contributed by atoms with Crippen LogP contribution in [-0.2, 0) is 23.0 Å². The number of aromatic nitrogens is 4. The topological polar surface area (TPSA) is 107 Å². The minimum atomic E-state index is -3.35. The fraction of sp³-hybridized carbons (Fsp3) is 0.222. The Bertz CT molecular complexity index is 1040. The van der Waals surface area contributed by atoms with Crippen LogP contribution < -0.4 is 4.72 Å². The van der Waals surface area contributed by atoms with E-state index < -0.39 is 10.0 Å². The number of rotatable bonds is 7. The van der Waals surface area contributed by atoms with Crippen LogP contribution in [0.2, 0.25) is 0 Å². The van der Waals surface area contributed by atoms with Gasteiger partial charge in [-0.15, -0.1) is 10.2 Å². The first kappa shape index (κ1) is 18.7. The zero-order valence-electron chi connectivity index (χ0n) is 15.0. The van der Waals surface area contributed by atoms with Gasteiger partial charge in [0.05, 0.1) is 6.26 Å². The van der Waals surface area contributed by atoms with Crippen molar-refractivity contribution in [1.82, 2.24) is 20.2 Å². The van der Waals surface area contributed by atoms with E-state index in [1.807, 2.05) is 24.3 Å². The van der Waals surface area contributed by atoms with Crippen molar-refractivity contribution in [2.75, 3.05) is 11.0 Å². The number of nitrogens with zero attached hydrogens (tertiary/aromatic N) is 4. The van der Waals surface area contributed by atoms with Crippen molar-refractivity contribution >= 4 is 21.5 Å². The predicted molar refractivity (Wildman–Crippen MR) is 102 cm³/mol. The molecule has 0 fully saturated rings. The van der Waals surface area contributed by atoms with E-state index in [2.05, 4.69) is 27.1 Å². The molecule has 3 aromatic rings. The van der Waals surface area contributed by atoms with Crippen LogP contribution in [0.1, 0.15) is 22.8 Å². The molecule has 0 amide bonds. The quantitative estimate of drug-likeness (QED) is 0.625. The summed E-state index contributed by atoms with van der Waals surface area (Å²) in [5.74, 6) is 0.254. The van der Waals surface area contributed by atoms with Gasteiger partial charge in [-0.05, 0) is 41.5 Å². The first-order valence-electron chi connectivity index (χ1n) is 8.32. The van der Waals surface area contributed by atoms with Crippen LogP contribution in [0.25, 0.3) is 11.4 Å². The first-order valence-corrected chi connectivity index (χ1v) is 10.2. The second kappa shape index (κ2) is 7.67. The van der Waals surface area contributed by atoms with E-state index in [1.165, 1.54) is 22.5 Å². The van der Waals surface area contributed by atoms with Gasteiger partial charge < -0.3 is 0 Å². The van der Waals surface area contributed by atoms with Gasteiger partial charge in [-0.25, -0.2) is 8.42 Å². The molecule has 0 saturated carbocycles. The molecule has 0 atom stereocenters. The van der Waals surface area contributed by atoms with Crippen LogP contribution >= 0.6 is 0 Å². The van der Waals surface area contributed by atoms with Gasteiger partial charge in [0, 0.05) is 16.8 Å². The molecule has 0 radical (unpaired) electrons. The smallest absolute Gasteiger partial charge is 0.229 e. The summed E-state index contributed by atoms with van der Waals surface area (Å²) in [5.41, 5.74) is 2.88. The summed E-state index contributed by atoms with van der Waals surface area (Å²) < 4.78 is 24.8. The Morgan fingerprint density at radius 1 is 1.07 bits per heavy atom. The van der Waals surface area contributed by atoms with Gasteiger partial charge in [0.15, 0.2) is 5.78 Å². The van der Waals surface area contributed by atoms with Crippen LogP contribution in [-0.4, -0.2) is 40.7 Å². The van der Waals surface area contributed by atoms with E-state index in [1.54, 1.807) is 12.1 Å². The second-order valence-corrected chi connectivity index (χ2v) is 7.82. The lowest BCUT2D eigenvalue weighted by atomic mass is 10.1. The highest BCUT2D eigenvalue weighted by Gasteiger charge is 2.12. The van der Waals surface area contributed by atoms with E-state index in [9.17, 15) is 13.2 Å². The van der Waals surface area contributed by atoms with Gasteiger partial charge in [0.2, 0.25) is 15.8 Å². The maximum atomic E-state index is 12.4. The molecule has 140 valence electrons. The Morgan fingerprint density at radius 3 is 2.33 bits per heavy atom. The zero-order valence-corrected chi connectivity index (χ0v) is 15.8. The first-order chi connectivity index (χ1) is 12.8. The number of anilines is 1. The molecule has 0 aliphatic rings. The van der Waals surface area contributed by atoms with Gasteiger partial charge in [0.25, 0.3) is 0 Å². The monoisotopic (exact) mass is 385 g/mol. The molecule has 0 saturated heterocycles. The molecule has 0 bridgehead atoms. The van der Waals surface area contributed by atoms with Crippen LogP contribution in [0.5, 0.6) is 0 Å². The Labute approximate surface area is 157 Å². The molecule has 3 rings (SSSR count). The van der Waals surface area contributed by atoms with Crippen molar-refractivity contribution in [2.45, 2.75) is 19.9 Å². The van der Waals surface area contributed by atoms with Crippen molar-refractivity contribution in [3.8, 4) is 11.4 Å². The lowest BCUT2D eigenvalue weighted by Gasteiger charge is -2.05. The summed E-state index contributed by atoms with van der Waals surface area (Å²) >= 11 is 0. The standard InChI is InChI=1S/C18H19N5O3S/c1-3-13-4-6-15(7-5-13)18-19-22-23(20-18)12-17(24)14-8-10-16(11-9-14)21-27(2,25)26/h4-11,21H,3,12H2,1-2H3. The summed E-state index contributed by atoms with van der Waals surface area (Å²) in [6, 6.07) is 14.0. The number of carbonyl (C=O) groups is 1. The van der Waals surface area contributed by atoms with Crippen molar-refractivity contribution in [2.24, 2.45) is 0 Å². The van der Waals surface area contributed by atoms with Gasteiger partial charge in [0.1, 0.15) is 6.54 Å². The summed E-state index contributed by atoms with van der Waals surface area (Å²) in [4.78, 5) is 13.6. The maximum Gasteiger partial charge on any atom is 0.229 e. The summed E-state index contributed by atoms with van der Waals surface area (Å²) in [6.07, 6.45) is 2.02. The average Bonchev–Trinajstić information content (AvgIpc) is 3.09. The van der Waals surface area contributed by atoms with Gasteiger partial charge >= 0.3 is 0 Å². The summed E-state index contributed by atoms with van der Waals surface area (Å²) in [5, 5.41) is 12.2. The number of carbonyl (C=O) groups excluding carboxylic acids is 1. The lowest BCUT2D eigenvalue weighted by molar-refractivity contribution is 0.0961. The number of hydrogen-bond acceptors (Lipinski definition) is 6. The molecular weight excluding hydrogens is 366 g/mol. The molecular formula is C18H19N5O3S. The SMILES string of the molecule is CCc1ccc(-c2nnn(CC(=O)c3ccc(NS(C)(=O)=O)cc3)n2)cc1. The molecule has 27 heavy (non-hydrogen) atoms. The number of Topliss-reactive ketones (excluding diaryl/α,β-unsaturated/α-hetero) is 1. The highest BCUT2D eigenvalue weighted by atomic mass is 32.2. The number of hydrogen-bond donors (Lipinski definition) is 1. The van der Waals surface area contributed by atoms with Crippen molar-refractivity contribution in [3.63, 3.8) is 0 Å². The molecule has 0 aliphatic carbocycles. The molecule has 9 heteroatoms. The van der Waals surface area contributed by atoms with Gasteiger partial charge in [-0.3, -0.25) is 9.52 Å². The third-order valence-electron chi connectivity index (χ3n) is 3.87. The number of aryl methyl sites for hydroxylation is 1. The van der Waals surface area contributed by atoms with Gasteiger partial charge in [-0.1, -0.05) is 31.2 Å². The molecule has 0 unspecified atom stereocenters. The fourth-order valence-electron chi connectivity index (χ4n) is 2.47. The molecule has 0 aliphatic heterocycles. The van der Waals surface area contributed by atoms with Gasteiger partial charge in [-0.2, -0.15) is 4.80 Å². The van der Waals surface area contributed by atoms with E-state index in [0.29, 0.717) is 17.1 Å². The number of nitrogens with one attached hydrogen (secondary N) is 1. The molecule has 0 spiro atoms. The van der Waals surface area contributed by atoms with Crippen LogP contribution in [0.15, 0.2) is 48.5 Å². The van der Waals surface area contributed by atoms with Crippen molar-refractivity contribution < 1.29 is 13.2 Å². The highest BCUT2D eigenvalue weighted by molar-refractivity contribution is 7.92. The Morgan fingerprint density at radius 2 is 1.74 bits per heavy atom. The van der Waals surface area contributed by atoms with E-state index in [-0.39, 0.29) is 12.3 Å². The van der Waals surface area contributed by atoms with E-state index in [4.69, 9.17) is 0 Å². The average molecular weight is 385 g/mol. The zero-order chi connectivity index (χ0) is 19.4. The minimum Gasteiger partial charge on any atom is -0.292 e. The maximum absolute atomic E-state index is 12.4. The van der Waals surface area contributed by atoms with Crippen LogP contribution in [0.4, 0.5) is 5.69 Å². The van der Waals surface area contributed by atoms with E-state index >= 15 is 0 Å². The second-order valence-electron chi connectivity index (χ2n) is 6.07. The summed E-state index contributed by atoms with van der Waals surface area (Å²) in [6.45, 7) is 2.03. The van der Waals surface area contributed by atoms with Crippen LogP contribution in [0, 0.1) is 0 Å². The molecule has 2 aromatic carbocycles. The Kier molecular flexibility index (Phi) is 5.31. The molecule has 8 nitrogen and oxygen atoms in total. The van der Waals surface area contributed by atoms with Crippen molar-refractivity contribution in [1.29, 1.82) is 0 Å². The summed E-state index contributed by atoms with van der Waals surface area (Å²) in [7, 11) is -3.35. The number of sulfonamides is 1. The highest BCUT2D eigenvalue weighted by Crippen LogP contribution is 2.15. The number of ketones is 1. The molecule has 1 aromatic heterocycles. The Hall–Kier alpha value is -3.07. The molecule has 1 heterocycles. The third-order valence-corrected chi connectivity index (χ3v) is 4.47. The minimum absolute atomic E-state index is 0.0567.